The van der Waals surface area contributed by atoms with Crippen molar-refractivity contribution in [1.82, 2.24) is 0 Å². The minimum absolute atomic E-state index is 0.0989. The molecule has 0 saturated carbocycles. The second-order valence-corrected chi connectivity index (χ2v) is 6.35. The summed E-state index contributed by atoms with van der Waals surface area (Å²) in [5.74, 6) is 0.693. The number of para-hydroxylation sites is 1. The van der Waals surface area contributed by atoms with E-state index in [9.17, 15) is 4.79 Å². The molecule has 1 aliphatic rings. The second-order valence-electron chi connectivity index (χ2n) is 6.35. The Hall–Kier alpha value is -3.11. The highest BCUT2D eigenvalue weighted by Crippen LogP contribution is 2.39. The standard InChI is InChI=1S/C22H20N2O2/c1-26-16-12-10-15(11-13-16)14-24-20-9-5-4-7-18(20)17-6-2-3-8-19(17)21(23)22(24)25/h2-13,21H,14,23H2,1H3/t21-/m1/s1. The Kier molecular flexibility index (Phi) is 4.19. The van der Waals surface area contributed by atoms with E-state index in [1.165, 1.54) is 0 Å². The van der Waals surface area contributed by atoms with Crippen LogP contribution in [0.3, 0.4) is 0 Å². The van der Waals surface area contributed by atoms with E-state index >= 15 is 0 Å². The second kappa shape index (κ2) is 6.65. The molecule has 130 valence electrons. The van der Waals surface area contributed by atoms with Gasteiger partial charge in [0.25, 0.3) is 0 Å². The van der Waals surface area contributed by atoms with Gasteiger partial charge in [-0.05, 0) is 34.9 Å². The first-order valence-corrected chi connectivity index (χ1v) is 8.57. The normalized spacial score (nSPS) is 15.8. The molecule has 0 saturated heterocycles. The maximum absolute atomic E-state index is 13.2. The molecule has 4 nitrogen and oxygen atoms in total. The first-order chi connectivity index (χ1) is 12.7. The molecule has 0 radical (unpaired) electrons. The summed E-state index contributed by atoms with van der Waals surface area (Å²) in [7, 11) is 1.64. The van der Waals surface area contributed by atoms with Crippen LogP contribution in [0.15, 0.2) is 72.8 Å². The minimum Gasteiger partial charge on any atom is -0.497 e. The van der Waals surface area contributed by atoms with Crippen molar-refractivity contribution in [2.75, 3.05) is 12.0 Å². The summed E-state index contributed by atoms with van der Waals surface area (Å²) in [5, 5.41) is 0. The fourth-order valence-electron chi connectivity index (χ4n) is 3.45. The van der Waals surface area contributed by atoms with Crippen LogP contribution in [-0.2, 0) is 11.3 Å². The molecule has 2 N–H and O–H groups in total. The quantitative estimate of drug-likeness (QED) is 0.784. The number of ether oxygens (including phenoxy) is 1. The Morgan fingerprint density at radius 3 is 2.31 bits per heavy atom. The lowest BCUT2D eigenvalue weighted by atomic mass is 9.96. The van der Waals surface area contributed by atoms with E-state index in [0.29, 0.717) is 6.54 Å². The van der Waals surface area contributed by atoms with Gasteiger partial charge >= 0.3 is 0 Å². The Morgan fingerprint density at radius 1 is 0.923 bits per heavy atom. The number of amides is 1. The molecule has 0 aliphatic carbocycles. The lowest BCUT2D eigenvalue weighted by molar-refractivity contribution is -0.120. The average molecular weight is 344 g/mol. The molecule has 1 aliphatic heterocycles. The average Bonchev–Trinajstić information content (AvgIpc) is 2.79. The molecule has 0 bridgehead atoms. The molecule has 0 spiro atoms. The van der Waals surface area contributed by atoms with Crippen LogP contribution >= 0.6 is 0 Å². The third-order valence-electron chi connectivity index (χ3n) is 4.81. The van der Waals surface area contributed by atoms with E-state index in [1.54, 1.807) is 12.0 Å². The van der Waals surface area contributed by atoms with Crippen LogP contribution in [0.2, 0.25) is 0 Å². The predicted octanol–water partition coefficient (Wildman–Crippen LogP) is 3.91. The summed E-state index contributed by atoms with van der Waals surface area (Å²) in [5.41, 5.74) is 11.2. The van der Waals surface area contributed by atoms with Crippen molar-refractivity contribution in [2.45, 2.75) is 12.6 Å². The van der Waals surface area contributed by atoms with Crippen molar-refractivity contribution in [2.24, 2.45) is 5.73 Å². The number of methoxy groups -OCH3 is 1. The number of hydrogen-bond acceptors (Lipinski definition) is 3. The van der Waals surface area contributed by atoms with Gasteiger partial charge in [0.05, 0.1) is 19.3 Å². The van der Waals surface area contributed by atoms with Crippen molar-refractivity contribution in [3.8, 4) is 16.9 Å². The Morgan fingerprint density at radius 2 is 1.58 bits per heavy atom. The zero-order valence-electron chi connectivity index (χ0n) is 14.6. The highest BCUT2D eigenvalue weighted by Gasteiger charge is 2.31. The molecule has 4 heteroatoms. The van der Waals surface area contributed by atoms with E-state index in [4.69, 9.17) is 10.5 Å². The molecule has 1 amide bonds. The summed E-state index contributed by atoms with van der Waals surface area (Å²) in [6.07, 6.45) is 0. The molecule has 0 unspecified atom stereocenters. The van der Waals surface area contributed by atoms with Crippen LogP contribution < -0.4 is 15.4 Å². The number of nitrogens with zero attached hydrogens (tertiary/aromatic N) is 1. The zero-order chi connectivity index (χ0) is 18.1. The number of hydrogen-bond donors (Lipinski definition) is 1. The number of nitrogens with two attached hydrogens (primary N) is 1. The number of anilines is 1. The van der Waals surface area contributed by atoms with Gasteiger partial charge in [-0.2, -0.15) is 0 Å². The maximum Gasteiger partial charge on any atom is 0.248 e. The number of carbonyl (C=O) groups excluding carboxylic acids is 1. The number of carbonyl (C=O) groups is 1. The lowest BCUT2D eigenvalue weighted by Crippen LogP contribution is -2.37. The van der Waals surface area contributed by atoms with E-state index in [2.05, 4.69) is 0 Å². The first kappa shape index (κ1) is 16.4. The van der Waals surface area contributed by atoms with Gasteiger partial charge in [-0.25, -0.2) is 0 Å². The SMILES string of the molecule is COc1ccc(CN2C(=O)[C@H](N)c3ccccc3-c3ccccc32)cc1. The van der Waals surface area contributed by atoms with Gasteiger partial charge in [-0.1, -0.05) is 54.6 Å². The van der Waals surface area contributed by atoms with E-state index in [1.807, 2.05) is 72.8 Å². The summed E-state index contributed by atoms with van der Waals surface area (Å²) in [4.78, 5) is 15.0. The highest BCUT2D eigenvalue weighted by molar-refractivity contribution is 6.04. The third kappa shape index (κ3) is 2.74. The number of benzene rings is 3. The molecule has 3 aromatic rings. The van der Waals surface area contributed by atoms with Crippen LogP contribution in [0.25, 0.3) is 11.1 Å². The lowest BCUT2D eigenvalue weighted by Gasteiger charge is -2.25. The summed E-state index contributed by atoms with van der Waals surface area (Å²) in [6, 6.07) is 22.9. The van der Waals surface area contributed by atoms with Gasteiger partial charge in [0.2, 0.25) is 5.91 Å². The number of fused-ring (bicyclic) bond motifs is 3. The molecule has 0 aromatic heterocycles. The molecule has 4 rings (SSSR count). The third-order valence-corrected chi connectivity index (χ3v) is 4.81. The van der Waals surface area contributed by atoms with E-state index < -0.39 is 6.04 Å². The molecular formula is C22H20N2O2. The van der Waals surface area contributed by atoms with Gasteiger partial charge in [0.15, 0.2) is 0 Å². The Labute approximate surface area is 152 Å². The smallest absolute Gasteiger partial charge is 0.248 e. The largest absolute Gasteiger partial charge is 0.497 e. The van der Waals surface area contributed by atoms with Gasteiger partial charge in [-0.3, -0.25) is 4.79 Å². The van der Waals surface area contributed by atoms with Crippen molar-refractivity contribution in [3.63, 3.8) is 0 Å². The van der Waals surface area contributed by atoms with Crippen LogP contribution in [-0.4, -0.2) is 13.0 Å². The van der Waals surface area contributed by atoms with Crippen LogP contribution in [0.4, 0.5) is 5.69 Å². The summed E-state index contributed by atoms with van der Waals surface area (Å²) < 4.78 is 5.22. The predicted molar refractivity (Wildman–Crippen MR) is 103 cm³/mol. The van der Waals surface area contributed by atoms with Gasteiger partial charge in [0, 0.05) is 5.56 Å². The van der Waals surface area contributed by atoms with Crippen LogP contribution in [0.5, 0.6) is 5.75 Å². The minimum atomic E-state index is -0.683. The molecule has 1 atom stereocenters. The molecule has 3 aromatic carbocycles. The Bertz CT molecular complexity index is 950. The van der Waals surface area contributed by atoms with E-state index in [0.717, 1.165) is 33.7 Å². The van der Waals surface area contributed by atoms with Crippen molar-refractivity contribution in [1.29, 1.82) is 0 Å². The molecule has 0 fully saturated rings. The van der Waals surface area contributed by atoms with Crippen molar-refractivity contribution >= 4 is 11.6 Å². The zero-order valence-corrected chi connectivity index (χ0v) is 14.6. The molecule has 1 heterocycles. The molecular weight excluding hydrogens is 324 g/mol. The van der Waals surface area contributed by atoms with Gasteiger partial charge in [-0.15, -0.1) is 0 Å². The molecule has 26 heavy (non-hydrogen) atoms. The van der Waals surface area contributed by atoms with E-state index in [-0.39, 0.29) is 5.91 Å². The van der Waals surface area contributed by atoms with Crippen LogP contribution in [0, 0.1) is 0 Å². The van der Waals surface area contributed by atoms with Gasteiger partial charge < -0.3 is 15.4 Å². The monoisotopic (exact) mass is 344 g/mol. The number of rotatable bonds is 3. The fourth-order valence-corrected chi connectivity index (χ4v) is 3.45. The van der Waals surface area contributed by atoms with Crippen molar-refractivity contribution < 1.29 is 9.53 Å². The first-order valence-electron chi connectivity index (χ1n) is 8.57. The van der Waals surface area contributed by atoms with Crippen LogP contribution in [0.1, 0.15) is 17.2 Å². The Balaban J connectivity index is 1.81. The van der Waals surface area contributed by atoms with Gasteiger partial charge in [0.1, 0.15) is 11.8 Å². The summed E-state index contributed by atoms with van der Waals surface area (Å²) >= 11 is 0. The van der Waals surface area contributed by atoms with Crippen molar-refractivity contribution in [3.05, 3.63) is 83.9 Å². The maximum atomic E-state index is 13.2. The summed E-state index contributed by atoms with van der Waals surface area (Å²) in [6.45, 7) is 0.460. The topological polar surface area (TPSA) is 55.6 Å². The highest BCUT2D eigenvalue weighted by atomic mass is 16.5. The fraction of sp³-hybridized carbons (Fsp3) is 0.136.